The minimum atomic E-state index is 0.926. The van der Waals surface area contributed by atoms with E-state index in [1.165, 1.54) is 50.9 Å². The smallest absolute Gasteiger partial charge is 0.00344 e. The lowest BCUT2D eigenvalue weighted by molar-refractivity contribution is 0.174. The van der Waals surface area contributed by atoms with Gasteiger partial charge in [0.25, 0.3) is 0 Å². The van der Waals surface area contributed by atoms with Crippen molar-refractivity contribution in [3.8, 4) is 0 Å². The third-order valence-electron chi connectivity index (χ3n) is 3.42. The average molecular weight is 302 g/mol. The predicted octanol–water partition coefficient (Wildman–Crippen LogP) is 3.79. The van der Waals surface area contributed by atoms with E-state index in [2.05, 4.69) is 37.7 Å². The summed E-state index contributed by atoms with van der Waals surface area (Å²) < 4.78 is 0. The van der Waals surface area contributed by atoms with Crippen molar-refractivity contribution < 1.29 is 0 Å². The molecular formula is C13H20BrNS. The van der Waals surface area contributed by atoms with Crippen molar-refractivity contribution in [2.75, 3.05) is 25.0 Å². The van der Waals surface area contributed by atoms with Crippen LogP contribution in [-0.4, -0.2) is 29.9 Å². The van der Waals surface area contributed by atoms with Crippen molar-refractivity contribution in [1.29, 1.82) is 0 Å². The van der Waals surface area contributed by atoms with Gasteiger partial charge in [0.1, 0.15) is 0 Å². The molecule has 2 rings (SSSR count). The summed E-state index contributed by atoms with van der Waals surface area (Å²) in [6.45, 7) is 3.87. The SMILES string of the molecule is BrCCC1CCCN(CCc2ccsc2)C1. The van der Waals surface area contributed by atoms with Crippen molar-refractivity contribution in [2.45, 2.75) is 25.7 Å². The molecule has 0 bridgehead atoms. The van der Waals surface area contributed by atoms with Crippen LogP contribution in [0.2, 0.25) is 0 Å². The maximum atomic E-state index is 3.56. The molecule has 1 aromatic heterocycles. The number of likely N-dealkylation sites (tertiary alicyclic amines) is 1. The van der Waals surface area contributed by atoms with Gasteiger partial charge >= 0.3 is 0 Å². The highest BCUT2D eigenvalue weighted by Crippen LogP contribution is 2.20. The van der Waals surface area contributed by atoms with Gasteiger partial charge < -0.3 is 4.90 Å². The third-order valence-corrected chi connectivity index (χ3v) is 4.61. The second kappa shape index (κ2) is 6.77. The lowest BCUT2D eigenvalue weighted by atomic mass is 9.95. The molecule has 0 aromatic carbocycles. The number of thiophene rings is 1. The molecule has 0 saturated carbocycles. The first-order valence-electron chi connectivity index (χ1n) is 6.18. The normalized spacial score (nSPS) is 22.4. The monoisotopic (exact) mass is 301 g/mol. The van der Waals surface area contributed by atoms with E-state index in [0.29, 0.717) is 0 Å². The van der Waals surface area contributed by atoms with Crippen LogP contribution in [-0.2, 0) is 6.42 Å². The molecule has 2 heterocycles. The summed E-state index contributed by atoms with van der Waals surface area (Å²) in [6, 6.07) is 2.25. The van der Waals surface area contributed by atoms with Crippen molar-refractivity contribution >= 4 is 27.3 Å². The number of piperidine rings is 1. The molecule has 0 aliphatic carbocycles. The zero-order chi connectivity index (χ0) is 11.2. The molecule has 1 aromatic rings. The zero-order valence-corrected chi connectivity index (χ0v) is 12.1. The fraction of sp³-hybridized carbons (Fsp3) is 0.692. The second-order valence-electron chi connectivity index (χ2n) is 4.67. The summed E-state index contributed by atoms with van der Waals surface area (Å²) in [6.07, 6.45) is 5.39. The number of nitrogens with zero attached hydrogens (tertiary/aromatic N) is 1. The largest absolute Gasteiger partial charge is 0.303 e. The lowest BCUT2D eigenvalue weighted by Crippen LogP contribution is -2.36. The first-order chi connectivity index (χ1) is 7.88. The van der Waals surface area contributed by atoms with Crippen LogP contribution in [0.3, 0.4) is 0 Å². The van der Waals surface area contributed by atoms with Gasteiger partial charge in [0.2, 0.25) is 0 Å². The van der Waals surface area contributed by atoms with E-state index < -0.39 is 0 Å². The van der Waals surface area contributed by atoms with Crippen LogP contribution in [0.15, 0.2) is 16.8 Å². The van der Waals surface area contributed by atoms with E-state index in [1.54, 1.807) is 0 Å². The quantitative estimate of drug-likeness (QED) is 0.748. The number of hydrogen-bond donors (Lipinski definition) is 0. The van der Waals surface area contributed by atoms with Crippen LogP contribution in [0.25, 0.3) is 0 Å². The molecule has 0 amide bonds. The van der Waals surface area contributed by atoms with Gasteiger partial charge in [0, 0.05) is 18.4 Å². The first-order valence-corrected chi connectivity index (χ1v) is 8.24. The summed E-state index contributed by atoms with van der Waals surface area (Å²) >= 11 is 5.37. The fourth-order valence-electron chi connectivity index (χ4n) is 2.47. The van der Waals surface area contributed by atoms with E-state index >= 15 is 0 Å². The third kappa shape index (κ3) is 3.86. The van der Waals surface area contributed by atoms with Gasteiger partial charge in [-0.3, -0.25) is 0 Å². The topological polar surface area (TPSA) is 3.24 Å². The van der Waals surface area contributed by atoms with Gasteiger partial charge in [-0.05, 0) is 60.5 Å². The summed E-state index contributed by atoms with van der Waals surface area (Å²) in [5.41, 5.74) is 1.51. The van der Waals surface area contributed by atoms with Crippen LogP contribution in [0.5, 0.6) is 0 Å². The summed E-state index contributed by atoms with van der Waals surface area (Å²) in [5.74, 6) is 0.926. The maximum Gasteiger partial charge on any atom is 0.00344 e. The Morgan fingerprint density at radius 1 is 1.50 bits per heavy atom. The van der Waals surface area contributed by atoms with Gasteiger partial charge in [-0.25, -0.2) is 0 Å². The Labute approximate surface area is 111 Å². The highest BCUT2D eigenvalue weighted by Gasteiger charge is 2.18. The fourth-order valence-corrected chi connectivity index (χ4v) is 3.82. The van der Waals surface area contributed by atoms with E-state index in [9.17, 15) is 0 Å². The van der Waals surface area contributed by atoms with Gasteiger partial charge in [0.15, 0.2) is 0 Å². The van der Waals surface area contributed by atoms with Crippen molar-refractivity contribution in [1.82, 2.24) is 4.90 Å². The second-order valence-corrected chi connectivity index (χ2v) is 6.24. The Balaban J connectivity index is 1.72. The van der Waals surface area contributed by atoms with Crippen LogP contribution in [0.4, 0.5) is 0 Å². The highest BCUT2D eigenvalue weighted by molar-refractivity contribution is 9.09. The average Bonchev–Trinajstić information content (AvgIpc) is 2.80. The number of alkyl halides is 1. The molecule has 1 saturated heterocycles. The van der Waals surface area contributed by atoms with E-state index in [1.807, 2.05) is 11.3 Å². The standard InChI is InChI=1S/C13H20BrNS/c14-6-3-12-2-1-7-15(10-12)8-4-13-5-9-16-11-13/h5,9,11-12H,1-4,6-8,10H2. The molecule has 1 aliphatic rings. The molecule has 1 atom stereocenters. The minimum Gasteiger partial charge on any atom is -0.303 e. The molecule has 1 nitrogen and oxygen atoms in total. The van der Waals surface area contributed by atoms with Crippen molar-refractivity contribution in [2.24, 2.45) is 5.92 Å². The van der Waals surface area contributed by atoms with Crippen LogP contribution >= 0.6 is 27.3 Å². The number of halogens is 1. The maximum absolute atomic E-state index is 3.56. The first kappa shape index (κ1) is 12.6. The predicted molar refractivity (Wildman–Crippen MR) is 75.6 cm³/mol. The van der Waals surface area contributed by atoms with E-state index in [4.69, 9.17) is 0 Å². The number of hydrogen-bond acceptors (Lipinski definition) is 2. The number of rotatable bonds is 5. The van der Waals surface area contributed by atoms with Crippen molar-refractivity contribution in [3.05, 3.63) is 22.4 Å². The van der Waals surface area contributed by atoms with E-state index in [-0.39, 0.29) is 0 Å². The Morgan fingerprint density at radius 3 is 3.19 bits per heavy atom. The van der Waals surface area contributed by atoms with Gasteiger partial charge in [-0.2, -0.15) is 11.3 Å². The van der Waals surface area contributed by atoms with E-state index in [0.717, 1.165) is 11.2 Å². The summed E-state index contributed by atoms with van der Waals surface area (Å²) in [7, 11) is 0. The molecular weight excluding hydrogens is 282 g/mol. The van der Waals surface area contributed by atoms with Crippen LogP contribution < -0.4 is 0 Å². The Kier molecular flexibility index (Phi) is 5.33. The summed E-state index contributed by atoms with van der Waals surface area (Å²) in [4.78, 5) is 2.65. The zero-order valence-electron chi connectivity index (χ0n) is 9.70. The summed E-state index contributed by atoms with van der Waals surface area (Å²) in [5, 5.41) is 5.62. The van der Waals surface area contributed by atoms with Crippen LogP contribution in [0, 0.1) is 5.92 Å². The van der Waals surface area contributed by atoms with Gasteiger partial charge in [0.05, 0.1) is 0 Å². The lowest BCUT2D eigenvalue weighted by Gasteiger charge is -2.32. The molecule has 1 unspecified atom stereocenters. The highest BCUT2D eigenvalue weighted by atomic mass is 79.9. The minimum absolute atomic E-state index is 0.926. The molecule has 0 N–H and O–H groups in total. The molecule has 1 aliphatic heterocycles. The molecule has 16 heavy (non-hydrogen) atoms. The molecule has 0 spiro atoms. The molecule has 0 radical (unpaired) electrons. The van der Waals surface area contributed by atoms with Crippen molar-refractivity contribution in [3.63, 3.8) is 0 Å². The van der Waals surface area contributed by atoms with Crippen LogP contribution in [0.1, 0.15) is 24.8 Å². The molecule has 3 heteroatoms. The van der Waals surface area contributed by atoms with Gasteiger partial charge in [-0.1, -0.05) is 15.9 Å². The van der Waals surface area contributed by atoms with Gasteiger partial charge in [-0.15, -0.1) is 0 Å². The Hall–Kier alpha value is 0.140. The molecule has 1 fully saturated rings. The Bertz CT molecular complexity index is 284. The molecule has 90 valence electrons. The Morgan fingerprint density at radius 2 is 2.44 bits per heavy atom.